The summed E-state index contributed by atoms with van der Waals surface area (Å²) in [5, 5.41) is 7.11. The summed E-state index contributed by atoms with van der Waals surface area (Å²) in [4.78, 5) is 2.39. The number of aromatic nitrogens is 1. The standard InChI is InChI=1S/C58H38N2O/c1-3-17-40(18-4-1)53-37-42(33-35-46(53)45-27-15-20-39-19-7-8-23-44(39)45)59(41-21-5-2-6-22-41)43-34-36-49-47-24-9-12-30-54(47)60(56(49)38-43)55-31-13-10-25-48(55)51-28-16-29-52-50-26-11-14-32-57(50)61-58(51)52/h1-38H. The molecular formula is C58H38N2O. The smallest absolute Gasteiger partial charge is 0.143 e. The Morgan fingerprint density at radius 3 is 1.82 bits per heavy atom. The molecule has 0 fully saturated rings. The topological polar surface area (TPSA) is 21.3 Å². The first-order chi connectivity index (χ1) is 30.3. The Balaban J connectivity index is 1.09. The third kappa shape index (κ3) is 5.74. The number of nitrogens with zero attached hydrogens (tertiary/aromatic N) is 2. The van der Waals surface area contributed by atoms with Gasteiger partial charge in [0.05, 0.1) is 16.7 Å². The predicted molar refractivity (Wildman–Crippen MR) is 257 cm³/mol. The van der Waals surface area contributed by atoms with Crippen molar-refractivity contribution in [3.8, 4) is 39.1 Å². The zero-order valence-electron chi connectivity index (χ0n) is 33.2. The van der Waals surface area contributed by atoms with Gasteiger partial charge >= 0.3 is 0 Å². The van der Waals surface area contributed by atoms with Crippen molar-refractivity contribution in [3.63, 3.8) is 0 Å². The summed E-state index contributed by atoms with van der Waals surface area (Å²) >= 11 is 0. The number of rotatable bonds is 7. The van der Waals surface area contributed by atoms with Gasteiger partial charge in [0, 0.05) is 49.7 Å². The molecule has 2 heterocycles. The van der Waals surface area contributed by atoms with Crippen molar-refractivity contribution in [2.45, 2.75) is 0 Å². The van der Waals surface area contributed by atoms with E-state index in [-0.39, 0.29) is 0 Å². The Hall–Kier alpha value is -8.14. The average molecular weight is 779 g/mol. The van der Waals surface area contributed by atoms with Gasteiger partial charge in [0.15, 0.2) is 0 Å². The van der Waals surface area contributed by atoms with E-state index in [2.05, 4.69) is 234 Å². The molecule has 3 nitrogen and oxygen atoms in total. The lowest BCUT2D eigenvalue weighted by molar-refractivity contribution is 0.670. The molecule has 0 radical (unpaired) electrons. The number of furan rings is 1. The lowest BCUT2D eigenvalue weighted by atomic mass is 9.91. The van der Waals surface area contributed by atoms with Crippen LogP contribution in [0, 0.1) is 0 Å². The number of hydrogen-bond acceptors (Lipinski definition) is 2. The molecular weight excluding hydrogens is 741 g/mol. The van der Waals surface area contributed by atoms with Crippen molar-refractivity contribution in [2.24, 2.45) is 0 Å². The second-order valence-electron chi connectivity index (χ2n) is 15.6. The maximum Gasteiger partial charge on any atom is 0.143 e. The molecule has 0 saturated heterocycles. The van der Waals surface area contributed by atoms with Crippen LogP contribution in [0.5, 0.6) is 0 Å². The Labute approximate surface area is 353 Å². The van der Waals surface area contributed by atoms with Gasteiger partial charge in [-0.1, -0.05) is 176 Å². The molecule has 3 heteroatoms. The van der Waals surface area contributed by atoms with E-state index in [0.717, 1.165) is 66.8 Å². The molecule has 0 spiro atoms. The monoisotopic (exact) mass is 778 g/mol. The Morgan fingerprint density at radius 1 is 0.328 bits per heavy atom. The van der Waals surface area contributed by atoms with Gasteiger partial charge < -0.3 is 13.9 Å². The summed E-state index contributed by atoms with van der Waals surface area (Å²) in [7, 11) is 0. The van der Waals surface area contributed by atoms with Gasteiger partial charge in [0.1, 0.15) is 11.2 Å². The highest BCUT2D eigenvalue weighted by Crippen LogP contribution is 2.45. The van der Waals surface area contributed by atoms with Crippen LogP contribution in [-0.2, 0) is 0 Å². The molecule has 0 amide bonds. The quantitative estimate of drug-likeness (QED) is 0.161. The first-order valence-corrected chi connectivity index (χ1v) is 20.8. The summed E-state index contributed by atoms with van der Waals surface area (Å²) in [6, 6.07) is 82.9. The third-order valence-electron chi connectivity index (χ3n) is 12.2. The minimum atomic E-state index is 0.894. The van der Waals surface area contributed by atoms with E-state index in [1.54, 1.807) is 0 Å². The van der Waals surface area contributed by atoms with Crippen molar-refractivity contribution in [1.82, 2.24) is 4.57 Å². The molecule has 2 aromatic heterocycles. The average Bonchev–Trinajstić information content (AvgIpc) is 3.88. The van der Waals surface area contributed by atoms with Crippen molar-refractivity contribution < 1.29 is 4.42 Å². The molecule has 10 aromatic carbocycles. The minimum absolute atomic E-state index is 0.894. The highest BCUT2D eigenvalue weighted by atomic mass is 16.3. The van der Waals surface area contributed by atoms with Crippen LogP contribution in [0.2, 0.25) is 0 Å². The largest absolute Gasteiger partial charge is 0.455 e. The van der Waals surface area contributed by atoms with Gasteiger partial charge in [-0.2, -0.15) is 0 Å². The fourth-order valence-electron chi connectivity index (χ4n) is 9.46. The lowest BCUT2D eigenvalue weighted by Crippen LogP contribution is -2.10. The van der Waals surface area contributed by atoms with Crippen LogP contribution < -0.4 is 4.90 Å². The number of para-hydroxylation sites is 5. The molecule has 61 heavy (non-hydrogen) atoms. The van der Waals surface area contributed by atoms with Gasteiger partial charge in [-0.05, 0) is 87.6 Å². The lowest BCUT2D eigenvalue weighted by Gasteiger charge is -2.27. The van der Waals surface area contributed by atoms with Gasteiger partial charge in [-0.15, -0.1) is 0 Å². The van der Waals surface area contributed by atoms with Crippen LogP contribution in [0.4, 0.5) is 17.1 Å². The summed E-state index contributed by atoms with van der Waals surface area (Å²) in [5.41, 5.74) is 15.3. The number of fused-ring (bicyclic) bond motifs is 7. The molecule has 0 saturated carbocycles. The minimum Gasteiger partial charge on any atom is -0.455 e. The van der Waals surface area contributed by atoms with Crippen molar-refractivity contribution in [2.75, 3.05) is 4.90 Å². The Morgan fingerprint density at radius 2 is 0.934 bits per heavy atom. The molecule has 0 unspecified atom stereocenters. The van der Waals surface area contributed by atoms with E-state index in [9.17, 15) is 0 Å². The summed E-state index contributed by atoms with van der Waals surface area (Å²) in [5.74, 6) is 0. The number of hydrogen-bond donors (Lipinski definition) is 0. The van der Waals surface area contributed by atoms with Crippen LogP contribution in [-0.4, -0.2) is 4.57 Å². The second kappa shape index (κ2) is 14.3. The molecule has 12 aromatic rings. The Kier molecular flexibility index (Phi) is 8.17. The van der Waals surface area contributed by atoms with E-state index < -0.39 is 0 Å². The summed E-state index contributed by atoms with van der Waals surface area (Å²) in [6.07, 6.45) is 0. The SMILES string of the molecule is c1ccc(-c2cc(N(c3ccccc3)c3ccc4c5ccccc5n(-c5ccccc5-c5cccc6c5oc5ccccc56)c4c3)ccc2-c2cccc3ccccc23)cc1. The zero-order valence-corrected chi connectivity index (χ0v) is 33.2. The van der Waals surface area contributed by atoms with E-state index in [1.807, 2.05) is 6.07 Å². The van der Waals surface area contributed by atoms with Gasteiger partial charge in [0.25, 0.3) is 0 Å². The van der Waals surface area contributed by atoms with Gasteiger partial charge in [0.2, 0.25) is 0 Å². The number of benzene rings is 10. The normalized spacial score (nSPS) is 11.6. The molecule has 0 aliphatic rings. The maximum atomic E-state index is 6.62. The summed E-state index contributed by atoms with van der Waals surface area (Å²) in [6.45, 7) is 0. The molecule has 0 aliphatic carbocycles. The van der Waals surface area contributed by atoms with Gasteiger partial charge in [-0.25, -0.2) is 0 Å². The predicted octanol–water partition coefficient (Wildman–Crippen LogP) is 16.3. The van der Waals surface area contributed by atoms with Crippen LogP contribution in [0.1, 0.15) is 0 Å². The molecule has 0 N–H and O–H groups in total. The van der Waals surface area contributed by atoms with Crippen molar-refractivity contribution in [1.29, 1.82) is 0 Å². The molecule has 0 aliphatic heterocycles. The van der Waals surface area contributed by atoms with Crippen LogP contribution in [0.3, 0.4) is 0 Å². The first-order valence-electron chi connectivity index (χ1n) is 20.8. The fourth-order valence-corrected chi connectivity index (χ4v) is 9.46. The Bertz CT molecular complexity index is 3590. The molecule has 0 atom stereocenters. The van der Waals surface area contributed by atoms with E-state index in [1.165, 1.54) is 43.8 Å². The van der Waals surface area contributed by atoms with E-state index >= 15 is 0 Å². The maximum absolute atomic E-state index is 6.62. The molecule has 12 rings (SSSR count). The molecule has 0 bridgehead atoms. The van der Waals surface area contributed by atoms with E-state index in [0.29, 0.717) is 0 Å². The number of anilines is 3. The van der Waals surface area contributed by atoms with Crippen LogP contribution >= 0.6 is 0 Å². The fraction of sp³-hybridized carbons (Fsp3) is 0. The highest BCUT2D eigenvalue weighted by Gasteiger charge is 2.22. The van der Waals surface area contributed by atoms with Crippen LogP contribution in [0.15, 0.2) is 235 Å². The third-order valence-corrected chi connectivity index (χ3v) is 12.2. The van der Waals surface area contributed by atoms with Crippen molar-refractivity contribution >= 4 is 71.6 Å². The summed E-state index contributed by atoms with van der Waals surface area (Å²) < 4.78 is 9.05. The van der Waals surface area contributed by atoms with Crippen LogP contribution in [0.25, 0.3) is 93.6 Å². The van der Waals surface area contributed by atoms with Gasteiger partial charge in [-0.3, -0.25) is 0 Å². The first kappa shape index (κ1) is 34.9. The zero-order chi connectivity index (χ0) is 40.3. The van der Waals surface area contributed by atoms with E-state index in [4.69, 9.17) is 4.42 Å². The van der Waals surface area contributed by atoms with Crippen molar-refractivity contribution in [3.05, 3.63) is 231 Å². The molecule has 286 valence electrons. The second-order valence-corrected chi connectivity index (χ2v) is 15.6. The highest BCUT2D eigenvalue weighted by molar-refractivity contribution is 6.13.